The van der Waals surface area contributed by atoms with Crippen LogP contribution in [-0.4, -0.2) is 28.2 Å². The highest BCUT2D eigenvalue weighted by Gasteiger charge is 2.22. The lowest BCUT2D eigenvalue weighted by Crippen LogP contribution is -2.11. The number of fused-ring (bicyclic) bond motifs is 3. The Balaban J connectivity index is 1.66. The van der Waals surface area contributed by atoms with Crippen molar-refractivity contribution in [3.63, 3.8) is 0 Å². The Morgan fingerprint density at radius 2 is 1.49 bits per heavy atom. The predicted molar refractivity (Wildman–Crippen MR) is 163 cm³/mol. The molecule has 0 radical (unpaired) electrons. The molecule has 6 nitrogen and oxygen atoms in total. The summed E-state index contributed by atoms with van der Waals surface area (Å²) >= 11 is 6.15. The van der Waals surface area contributed by atoms with Gasteiger partial charge in [0.2, 0.25) is 5.91 Å². The minimum atomic E-state index is -1.11. The van der Waals surface area contributed by atoms with E-state index >= 15 is 0 Å². The van der Waals surface area contributed by atoms with Crippen LogP contribution in [0.2, 0.25) is 5.02 Å². The normalized spacial score (nSPS) is 11.1. The van der Waals surface area contributed by atoms with E-state index in [0.717, 1.165) is 38.9 Å². The molecule has 0 saturated heterocycles. The Morgan fingerprint density at radius 3 is 2.22 bits per heavy atom. The Bertz CT molecular complexity index is 1930. The summed E-state index contributed by atoms with van der Waals surface area (Å²) in [5, 5.41) is 11.3. The van der Waals surface area contributed by atoms with Gasteiger partial charge < -0.3 is 20.1 Å². The molecule has 41 heavy (non-hydrogen) atoms. The fraction of sp³-hybridized carbons (Fsp3) is 0.0588. The second kappa shape index (κ2) is 10.8. The number of aromatic nitrogens is 1. The Hall–Kier alpha value is -5.07. The molecule has 0 aliphatic rings. The number of nitrogens with two attached hydrogens (primary N) is 1. The highest BCUT2D eigenvalue weighted by atomic mass is 35.5. The molecule has 0 atom stereocenters. The smallest absolute Gasteiger partial charge is 0.341 e. The standard InChI is InChI=1S/C34H25ClN2O4/c35-25-15-13-21(14-16-25)24-17-29-33(30(18-24)41-20-31(38)39)32-27(34(36)40)11-6-12-28(32)37(29)19-23-9-4-5-10-26(23)22-7-2-1-3-8-22/h1-18H,19-20H2,(H2,36,40)(H,38,39). The first-order valence-electron chi connectivity index (χ1n) is 13.0. The molecule has 7 heteroatoms. The first kappa shape index (κ1) is 26.2. The minimum absolute atomic E-state index is 0.335. The number of carbonyl (C=O) groups excluding carboxylic acids is 1. The molecule has 0 saturated carbocycles. The van der Waals surface area contributed by atoms with Gasteiger partial charge >= 0.3 is 5.97 Å². The van der Waals surface area contributed by atoms with Crippen molar-refractivity contribution in [2.75, 3.05) is 6.61 Å². The van der Waals surface area contributed by atoms with Crippen LogP contribution in [0.4, 0.5) is 0 Å². The maximum absolute atomic E-state index is 12.6. The third-order valence-corrected chi connectivity index (χ3v) is 7.43. The number of hydrogen-bond donors (Lipinski definition) is 2. The van der Waals surface area contributed by atoms with Crippen molar-refractivity contribution in [3.8, 4) is 28.0 Å². The lowest BCUT2D eigenvalue weighted by Gasteiger charge is -2.14. The quantitative estimate of drug-likeness (QED) is 0.203. The summed E-state index contributed by atoms with van der Waals surface area (Å²) in [4.78, 5) is 24.2. The van der Waals surface area contributed by atoms with Crippen LogP contribution < -0.4 is 10.5 Å². The molecule has 6 aromatic rings. The summed E-state index contributed by atoms with van der Waals surface area (Å²) in [5.41, 5.74) is 12.7. The summed E-state index contributed by atoms with van der Waals surface area (Å²) in [5.74, 6) is -1.33. The van der Waals surface area contributed by atoms with Gasteiger partial charge in [-0.1, -0.05) is 84.4 Å². The van der Waals surface area contributed by atoms with Gasteiger partial charge in [-0.25, -0.2) is 4.79 Å². The maximum atomic E-state index is 12.6. The molecule has 0 bridgehead atoms. The average Bonchev–Trinajstić information content (AvgIpc) is 3.30. The van der Waals surface area contributed by atoms with Gasteiger partial charge in [-0.2, -0.15) is 0 Å². The third kappa shape index (κ3) is 5.01. The monoisotopic (exact) mass is 560 g/mol. The molecule has 0 spiro atoms. The molecule has 3 N–H and O–H groups in total. The molecular formula is C34H25ClN2O4. The van der Waals surface area contributed by atoms with Crippen molar-refractivity contribution in [1.29, 1.82) is 0 Å². The van der Waals surface area contributed by atoms with Crippen molar-refractivity contribution in [2.24, 2.45) is 5.73 Å². The molecular weight excluding hydrogens is 536 g/mol. The number of carboxylic acid groups (broad SMARTS) is 1. The molecule has 1 heterocycles. The Labute approximate surface area is 241 Å². The number of aliphatic carboxylic acids is 1. The van der Waals surface area contributed by atoms with Crippen molar-refractivity contribution in [2.45, 2.75) is 6.54 Å². The van der Waals surface area contributed by atoms with Gasteiger partial charge in [-0.05, 0) is 64.2 Å². The lowest BCUT2D eigenvalue weighted by molar-refractivity contribution is -0.139. The summed E-state index contributed by atoms with van der Waals surface area (Å²) in [6, 6.07) is 35.0. The van der Waals surface area contributed by atoms with Crippen LogP contribution in [-0.2, 0) is 11.3 Å². The number of rotatable bonds is 8. The fourth-order valence-corrected chi connectivity index (χ4v) is 5.51. The number of hydrogen-bond acceptors (Lipinski definition) is 3. The number of benzene rings is 5. The van der Waals surface area contributed by atoms with Crippen molar-refractivity contribution in [3.05, 3.63) is 125 Å². The molecule has 6 rings (SSSR count). The van der Waals surface area contributed by atoms with Crippen molar-refractivity contribution in [1.82, 2.24) is 4.57 Å². The summed E-state index contributed by atoms with van der Waals surface area (Å²) in [7, 11) is 0. The van der Waals surface area contributed by atoms with Crippen LogP contribution in [0.5, 0.6) is 5.75 Å². The second-order valence-electron chi connectivity index (χ2n) is 9.73. The topological polar surface area (TPSA) is 94.6 Å². The summed E-state index contributed by atoms with van der Waals surface area (Å²) in [6.45, 7) is -0.0584. The second-order valence-corrected chi connectivity index (χ2v) is 10.2. The maximum Gasteiger partial charge on any atom is 0.341 e. The van der Waals surface area contributed by atoms with Gasteiger partial charge in [0.05, 0.1) is 16.4 Å². The van der Waals surface area contributed by atoms with Gasteiger partial charge in [0.25, 0.3) is 0 Å². The molecule has 202 valence electrons. The summed E-state index contributed by atoms with van der Waals surface area (Å²) < 4.78 is 8.01. The molecule has 0 aliphatic heterocycles. The zero-order chi connectivity index (χ0) is 28.5. The highest BCUT2D eigenvalue weighted by Crippen LogP contribution is 2.42. The fourth-order valence-electron chi connectivity index (χ4n) is 5.39. The SMILES string of the molecule is NC(=O)c1cccc2c1c1c(OCC(=O)O)cc(-c3ccc(Cl)cc3)cc1n2Cc1ccccc1-c1ccccc1. The first-order valence-corrected chi connectivity index (χ1v) is 13.4. The van der Waals surface area contributed by atoms with Crippen molar-refractivity contribution >= 4 is 45.3 Å². The molecule has 1 amide bonds. The van der Waals surface area contributed by atoms with Crippen LogP contribution in [0.25, 0.3) is 44.1 Å². The summed E-state index contributed by atoms with van der Waals surface area (Å²) in [6.07, 6.45) is 0. The van der Waals surface area contributed by atoms with E-state index in [1.54, 1.807) is 30.3 Å². The number of carbonyl (C=O) groups is 2. The van der Waals surface area contributed by atoms with Gasteiger partial charge in [0.1, 0.15) is 5.75 Å². The van der Waals surface area contributed by atoms with E-state index in [1.807, 2.05) is 54.6 Å². The minimum Gasteiger partial charge on any atom is -0.481 e. The molecule has 5 aromatic carbocycles. The molecule has 1 aromatic heterocycles. The van der Waals surface area contributed by atoms with E-state index in [2.05, 4.69) is 28.8 Å². The van der Waals surface area contributed by atoms with Crippen LogP contribution in [0, 0.1) is 0 Å². The van der Waals surface area contributed by atoms with Crippen LogP contribution in [0.1, 0.15) is 15.9 Å². The van der Waals surface area contributed by atoms with Crippen LogP contribution in [0.3, 0.4) is 0 Å². The lowest BCUT2D eigenvalue weighted by atomic mass is 9.99. The molecule has 0 unspecified atom stereocenters. The van der Waals surface area contributed by atoms with Crippen LogP contribution >= 0.6 is 11.6 Å². The number of halogens is 1. The zero-order valence-electron chi connectivity index (χ0n) is 21.9. The third-order valence-electron chi connectivity index (χ3n) is 7.18. The number of amides is 1. The van der Waals surface area contributed by atoms with E-state index < -0.39 is 18.5 Å². The van der Waals surface area contributed by atoms with Gasteiger partial charge in [0.15, 0.2) is 6.61 Å². The van der Waals surface area contributed by atoms with Crippen molar-refractivity contribution < 1.29 is 19.4 Å². The zero-order valence-corrected chi connectivity index (χ0v) is 22.6. The largest absolute Gasteiger partial charge is 0.481 e. The number of ether oxygens (including phenoxy) is 1. The van der Waals surface area contributed by atoms with E-state index in [0.29, 0.717) is 33.7 Å². The number of primary amides is 1. The van der Waals surface area contributed by atoms with E-state index in [-0.39, 0.29) is 0 Å². The van der Waals surface area contributed by atoms with E-state index in [1.165, 1.54) is 0 Å². The Morgan fingerprint density at radius 1 is 0.756 bits per heavy atom. The average molecular weight is 561 g/mol. The van der Waals surface area contributed by atoms with Crippen LogP contribution in [0.15, 0.2) is 109 Å². The Kier molecular flexibility index (Phi) is 6.91. The van der Waals surface area contributed by atoms with Gasteiger partial charge in [-0.3, -0.25) is 4.79 Å². The van der Waals surface area contributed by atoms with E-state index in [9.17, 15) is 14.7 Å². The number of nitrogens with zero attached hydrogens (tertiary/aromatic N) is 1. The van der Waals surface area contributed by atoms with Gasteiger partial charge in [0, 0.05) is 22.5 Å². The molecule has 0 fully saturated rings. The van der Waals surface area contributed by atoms with E-state index in [4.69, 9.17) is 22.1 Å². The van der Waals surface area contributed by atoms with Gasteiger partial charge in [-0.15, -0.1) is 0 Å². The first-order chi connectivity index (χ1) is 19.9. The number of carboxylic acids is 1. The predicted octanol–water partition coefficient (Wildman–Crippen LogP) is 7.39. The molecule has 0 aliphatic carbocycles. The highest BCUT2D eigenvalue weighted by molar-refractivity contribution is 6.30.